The lowest BCUT2D eigenvalue weighted by Gasteiger charge is -2.28. The molecule has 0 bridgehead atoms. The molecule has 3 fully saturated rings. The fourth-order valence-corrected chi connectivity index (χ4v) is 6.33. The first-order valence-electron chi connectivity index (χ1n) is 12.1. The number of hydrogen-bond acceptors (Lipinski definition) is 6. The SMILES string of the molecule is CC1=C2C[C@H]3O[C@@]3(C)C2[C@H]2OC(=O)[C@@H](CNCc3cn(-c4ccc(C)c(C)c4)nn3)[C@@H]2CC1. The molecule has 0 radical (unpaired) electrons. The van der Waals surface area contributed by atoms with Crippen molar-refractivity contribution >= 4 is 5.97 Å². The molecule has 1 N–H and O–H groups in total. The third-order valence-electron chi connectivity index (χ3n) is 8.57. The van der Waals surface area contributed by atoms with Crippen LogP contribution in [0, 0.1) is 31.6 Å². The zero-order valence-electron chi connectivity index (χ0n) is 19.8. The number of rotatable bonds is 5. The van der Waals surface area contributed by atoms with Gasteiger partial charge in [0, 0.05) is 24.9 Å². The zero-order chi connectivity index (χ0) is 22.9. The minimum Gasteiger partial charge on any atom is -0.461 e. The van der Waals surface area contributed by atoms with Gasteiger partial charge in [0.25, 0.3) is 0 Å². The third-order valence-corrected chi connectivity index (χ3v) is 8.57. The number of carbonyl (C=O) groups is 1. The summed E-state index contributed by atoms with van der Waals surface area (Å²) in [5.41, 5.74) is 7.18. The molecule has 6 rings (SSSR count). The van der Waals surface area contributed by atoms with Crippen LogP contribution in [-0.4, -0.2) is 45.3 Å². The number of nitrogens with zero attached hydrogens (tertiary/aromatic N) is 3. The summed E-state index contributed by atoms with van der Waals surface area (Å²) in [5.74, 6) is 0.261. The van der Waals surface area contributed by atoms with Crippen molar-refractivity contribution in [3.8, 4) is 5.69 Å². The molecule has 3 heterocycles. The van der Waals surface area contributed by atoms with E-state index in [2.05, 4.69) is 61.5 Å². The maximum absolute atomic E-state index is 12.9. The van der Waals surface area contributed by atoms with Crippen LogP contribution in [0.5, 0.6) is 0 Å². The summed E-state index contributed by atoms with van der Waals surface area (Å²) in [6.45, 7) is 9.82. The first kappa shape index (κ1) is 21.1. The highest BCUT2D eigenvalue weighted by atomic mass is 16.6. The summed E-state index contributed by atoms with van der Waals surface area (Å²) in [6, 6.07) is 6.27. The number of hydrogen-bond donors (Lipinski definition) is 1. The maximum Gasteiger partial charge on any atom is 0.310 e. The highest BCUT2D eigenvalue weighted by Crippen LogP contribution is 2.62. The van der Waals surface area contributed by atoms with E-state index < -0.39 is 0 Å². The summed E-state index contributed by atoms with van der Waals surface area (Å²) in [6.07, 6.45) is 5.25. The van der Waals surface area contributed by atoms with Gasteiger partial charge >= 0.3 is 5.97 Å². The lowest BCUT2D eigenvalue weighted by atomic mass is 9.78. The molecule has 2 saturated heterocycles. The van der Waals surface area contributed by atoms with Crippen LogP contribution >= 0.6 is 0 Å². The quantitative estimate of drug-likeness (QED) is 0.429. The molecule has 7 heteroatoms. The van der Waals surface area contributed by atoms with Gasteiger partial charge in [-0.15, -0.1) is 5.10 Å². The van der Waals surface area contributed by atoms with Gasteiger partial charge in [-0.2, -0.15) is 0 Å². The minimum atomic E-state index is -0.140. The normalized spacial score (nSPS) is 34.5. The predicted octanol–water partition coefficient (Wildman–Crippen LogP) is 3.42. The molecule has 0 amide bonds. The molecular weight excluding hydrogens is 416 g/mol. The largest absolute Gasteiger partial charge is 0.461 e. The lowest BCUT2D eigenvalue weighted by Crippen LogP contribution is -2.37. The second kappa shape index (κ2) is 7.50. The van der Waals surface area contributed by atoms with E-state index in [-0.39, 0.29) is 35.4 Å². The molecular formula is C26H32N4O3. The predicted molar refractivity (Wildman–Crippen MR) is 123 cm³/mol. The molecule has 1 aromatic carbocycles. The number of fused-ring (bicyclic) bond motifs is 5. The Kier molecular flexibility index (Phi) is 4.79. The highest BCUT2D eigenvalue weighted by Gasteiger charge is 2.69. The average molecular weight is 449 g/mol. The van der Waals surface area contributed by atoms with Crippen LogP contribution in [-0.2, 0) is 20.8 Å². The summed E-state index contributed by atoms with van der Waals surface area (Å²) in [5, 5.41) is 12.0. The molecule has 1 saturated carbocycles. The Morgan fingerprint density at radius 1 is 1.24 bits per heavy atom. The Hall–Kier alpha value is -2.51. The topological polar surface area (TPSA) is 81.6 Å². The van der Waals surface area contributed by atoms with E-state index >= 15 is 0 Å². The van der Waals surface area contributed by atoms with Gasteiger partial charge in [0.2, 0.25) is 0 Å². The Morgan fingerprint density at radius 3 is 2.91 bits per heavy atom. The molecule has 33 heavy (non-hydrogen) atoms. The Morgan fingerprint density at radius 2 is 2.09 bits per heavy atom. The third kappa shape index (κ3) is 3.36. The van der Waals surface area contributed by atoms with Crippen molar-refractivity contribution in [2.45, 2.75) is 71.3 Å². The van der Waals surface area contributed by atoms with E-state index in [0.717, 1.165) is 30.6 Å². The van der Waals surface area contributed by atoms with Crippen molar-refractivity contribution in [3.05, 3.63) is 52.4 Å². The molecule has 6 atom stereocenters. The number of carbonyl (C=O) groups excluding carboxylic acids is 1. The molecule has 7 nitrogen and oxygen atoms in total. The maximum atomic E-state index is 12.9. The van der Waals surface area contributed by atoms with Gasteiger partial charge < -0.3 is 14.8 Å². The van der Waals surface area contributed by atoms with Crippen LogP contribution in [0.3, 0.4) is 0 Å². The van der Waals surface area contributed by atoms with Gasteiger partial charge in [-0.3, -0.25) is 4.79 Å². The van der Waals surface area contributed by atoms with Crippen molar-refractivity contribution in [3.63, 3.8) is 0 Å². The van der Waals surface area contributed by atoms with Gasteiger partial charge in [0.15, 0.2) is 0 Å². The zero-order valence-corrected chi connectivity index (χ0v) is 19.8. The number of nitrogens with one attached hydrogen (secondary N) is 1. The van der Waals surface area contributed by atoms with E-state index in [4.69, 9.17) is 9.47 Å². The number of epoxide rings is 1. The van der Waals surface area contributed by atoms with E-state index in [9.17, 15) is 4.79 Å². The van der Waals surface area contributed by atoms with E-state index in [1.165, 1.54) is 22.3 Å². The fourth-order valence-electron chi connectivity index (χ4n) is 6.33. The summed E-state index contributed by atoms with van der Waals surface area (Å²) < 4.78 is 13.9. The number of esters is 1. The second-order valence-corrected chi connectivity index (χ2v) is 10.5. The molecule has 1 aromatic heterocycles. The molecule has 174 valence electrons. The first-order chi connectivity index (χ1) is 15.8. The first-order valence-corrected chi connectivity index (χ1v) is 12.1. The summed E-state index contributed by atoms with van der Waals surface area (Å²) >= 11 is 0. The van der Waals surface area contributed by atoms with Crippen LogP contribution in [0.1, 0.15) is 49.9 Å². The van der Waals surface area contributed by atoms with Crippen LogP contribution < -0.4 is 5.32 Å². The summed E-state index contributed by atoms with van der Waals surface area (Å²) in [4.78, 5) is 12.9. The number of benzene rings is 1. The van der Waals surface area contributed by atoms with Gasteiger partial charge in [-0.1, -0.05) is 22.4 Å². The van der Waals surface area contributed by atoms with Crippen molar-refractivity contribution in [2.24, 2.45) is 17.8 Å². The summed E-state index contributed by atoms with van der Waals surface area (Å²) in [7, 11) is 0. The van der Waals surface area contributed by atoms with Gasteiger partial charge in [-0.05, 0) is 70.2 Å². The van der Waals surface area contributed by atoms with Crippen molar-refractivity contribution in [2.75, 3.05) is 6.54 Å². The molecule has 4 aliphatic rings. The van der Waals surface area contributed by atoms with E-state index in [0.29, 0.717) is 19.2 Å². The van der Waals surface area contributed by atoms with E-state index in [1.807, 2.05) is 6.20 Å². The fraction of sp³-hybridized carbons (Fsp3) is 0.577. The lowest BCUT2D eigenvalue weighted by molar-refractivity contribution is -0.146. The van der Waals surface area contributed by atoms with Crippen molar-refractivity contribution < 1.29 is 14.3 Å². The number of ether oxygens (including phenoxy) is 2. The number of aryl methyl sites for hydroxylation is 2. The smallest absolute Gasteiger partial charge is 0.310 e. The average Bonchev–Trinajstić information content (AvgIpc) is 3.06. The molecule has 2 aromatic rings. The van der Waals surface area contributed by atoms with Gasteiger partial charge in [-0.25, -0.2) is 4.68 Å². The van der Waals surface area contributed by atoms with Crippen LogP contribution in [0.25, 0.3) is 5.69 Å². The Balaban J connectivity index is 1.12. The number of aromatic nitrogens is 3. The molecule has 2 aliphatic heterocycles. The van der Waals surface area contributed by atoms with Crippen molar-refractivity contribution in [1.29, 1.82) is 0 Å². The second-order valence-electron chi connectivity index (χ2n) is 10.5. The van der Waals surface area contributed by atoms with Crippen LogP contribution in [0.2, 0.25) is 0 Å². The Labute approximate surface area is 194 Å². The van der Waals surface area contributed by atoms with Crippen LogP contribution in [0.15, 0.2) is 35.5 Å². The van der Waals surface area contributed by atoms with E-state index in [1.54, 1.807) is 4.68 Å². The standard InChI is InChI=1S/C26H32N4O3/c1-14-5-7-18(9-16(14)3)30-13-17(28-29-30)11-27-12-21-19-8-6-15(2)20-10-22-26(4,33-22)23(20)24(19)32-25(21)31/h5,7,9,13,19,21-24,27H,6,8,10-12H2,1-4H3/t19-,21-,22+,23?,24-,26+/m0/s1. The minimum absolute atomic E-state index is 0.0556. The van der Waals surface area contributed by atoms with Crippen LogP contribution in [0.4, 0.5) is 0 Å². The molecule has 0 spiro atoms. The van der Waals surface area contributed by atoms with Crippen molar-refractivity contribution in [1.82, 2.24) is 20.3 Å². The van der Waals surface area contributed by atoms with Gasteiger partial charge in [0.05, 0.1) is 29.6 Å². The molecule has 2 aliphatic carbocycles. The highest BCUT2D eigenvalue weighted by molar-refractivity contribution is 5.76. The monoisotopic (exact) mass is 448 g/mol. The van der Waals surface area contributed by atoms with Gasteiger partial charge in [0.1, 0.15) is 11.7 Å². The molecule has 1 unspecified atom stereocenters. The Bertz CT molecular complexity index is 1150. The number of allylic oxidation sites excluding steroid dienone is 1.